The van der Waals surface area contributed by atoms with Crippen LogP contribution >= 0.6 is 0 Å². The highest BCUT2D eigenvalue weighted by Gasteiger charge is 2.28. The average Bonchev–Trinajstić information content (AvgIpc) is 3.11. The van der Waals surface area contributed by atoms with Crippen LogP contribution in [0.2, 0.25) is 0 Å². The lowest BCUT2D eigenvalue weighted by Gasteiger charge is -2.03. The van der Waals surface area contributed by atoms with E-state index in [2.05, 4.69) is 10.3 Å². The number of benzene rings is 1. The molecule has 1 aliphatic carbocycles. The fraction of sp³-hybridized carbons (Fsp3) is 0.250. The SMILES string of the molecule is N#Cc1ccc(CNc2ccc3oc(C4CC4)nc3c2)o1. The Morgan fingerprint density at radius 1 is 1.24 bits per heavy atom. The smallest absolute Gasteiger partial charge is 0.203 e. The molecule has 5 heteroatoms. The molecule has 1 N–H and O–H groups in total. The standard InChI is InChI=1S/C16H13N3O2/c17-8-12-4-5-13(20-12)9-18-11-3-6-15-14(7-11)19-16(21-15)10-1-2-10/h3-7,10,18H,1-2,9H2. The van der Waals surface area contributed by atoms with Gasteiger partial charge in [-0.05, 0) is 43.2 Å². The zero-order valence-corrected chi connectivity index (χ0v) is 11.3. The molecule has 0 spiro atoms. The van der Waals surface area contributed by atoms with Crippen LogP contribution in [-0.2, 0) is 6.54 Å². The summed E-state index contributed by atoms with van der Waals surface area (Å²) in [5.74, 6) is 2.42. The van der Waals surface area contributed by atoms with E-state index in [1.165, 1.54) is 12.8 Å². The zero-order valence-electron chi connectivity index (χ0n) is 11.3. The van der Waals surface area contributed by atoms with Gasteiger partial charge in [0.2, 0.25) is 5.76 Å². The van der Waals surface area contributed by atoms with E-state index in [1.807, 2.05) is 24.3 Å². The molecule has 2 aromatic heterocycles. The summed E-state index contributed by atoms with van der Waals surface area (Å²) >= 11 is 0. The number of anilines is 1. The third kappa shape index (κ3) is 2.36. The topological polar surface area (TPSA) is 75.0 Å². The van der Waals surface area contributed by atoms with E-state index in [-0.39, 0.29) is 0 Å². The minimum absolute atomic E-state index is 0.327. The van der Waals surface area contributed by atoms with Crippen molar-refractivity contribution in [2.24, 2.45) is 0 Å². The van der Waals surface area contributed by atoms with Gasteiger partial charge in [0, 0.05) is 11.6 Å². The second-order valence-corrected chi connectivity index (χ2v) is 5.24. The van der Waals surface area contributed by atoms with Crippen molar-refractivity contribution >= 4 is 16.8 Å². The summed E-state index contributed by atoms with van der Waals surface area (Å²) in [5.41, 5.74) is 2.65. The molecule has 1 saturated carbocycles. The summed E-state index contributed by atoms with van der Waals surface area (Å²) in [6.07, 6.45) is 2.36. The van der Waals surface area contributed by atoms with Crippen LogP contribution in [0.4, 0.5) is 5.69 Å². The molecule has 0 amide bonds. The first kappa shape index (κ1) is 12.0. The number of oxazole rings is 1. The monoisotopic (exact) mass is 279 g/mol. The Bertz CT molecular complexity index is 837. The number of rotatable bonds is 4. The van der Waals surface area contributed by atoms with Gasteiger partial charge in [0.1, 0.15) is 17.3 Å². The van der Waals surface area contributed by atoms with Crippen LogP contribution in [0.5, 0.6) is 0 Å². The van der Waals surface area contributed by atoms with Gasteiger partial charge >= 0.3 is 0 Å². The molecule has 104 valence electrons. The summed E-state index contributed by atoms with van der Waals surface area (Å²) in [6, 6.07) is 11.3. The number of nitrogens with one attached hydrogen (secondary N) is 1. The van der Waals surface area contributed by atoms with Gasteiger partial charge < -0.3 is 14.2 Å². The van der Waals surface area contributed by atoms with E-state index in [0.717, 1.165) is 28.4 Å². The Labute approximate surface area is 121 Å². The molecule has 0 unspecified atom stereocenters. The van der Waals surface area contributed by atoms with E-state index in [4.69, 9.17) is 14.1 Å². The molecule has 0 radical (unpaired) electrons. The Morgan fingerprint density at radius 2 is 2.14 bits per heavy atom. The summed E-state index contributed by atoms with van der Waals surface area (Å²) in [5, 5.41) is 12.0. The highest BCUT2D eigenvalue weighted by Crippen LogP contribution is 2.40. The largest absolute Gasteiger partial charge is 0.449 e. The molecule has 0 aliphatic heterocycles. The molecule has 4 rings (SSSR count). The van der Waals surface area contributed by atoms with Crippen molar-refractivity contribution in [3.8, 4) is 6.07 Å². The first-order chi connectivity index (χ1) is 10.3. The van der Waals surface area contributed by atoms with Gasteiger partial charge in [-0.25, -0.2) is 4.98 Å². The third-order valence-corrected chi connectivity index (χ3v) is 3.57. The van der Waals surface area contributed by atoms with Gasteiger partial charge in [0.05, 0.1) is 6.54 Å². The Kier molecular flexibility index (Phi) is 2.68. The fourth-order valence-corrected chi connectivity index (χ4v) is 2.28. The Balaban J connectivity index is 1.51. The summed E-state index contributed by atoms with van der Waals surface area (Å²) in [6.45, 7) is 0.528. The normalized spacial score (nSPS) is 14.2. The third-order valence-electron chi connectivity index (χ3n) is 3.57. The van der Waals surface area contributed by atoms with Crippen molar-refractivity contribution in [2.75, 3.05) is 5.32 Å². The van der Waals surface area contributed by atoms with E-state index in [9.17, 15) is 0 Å². The van der Waals surface area contributed by atoms with Gasteiger partial charge in [-0.2, -0.15) is 5.26 Å². The van der Waals surface area contributed by atoms with Gasteiger partial charge in [0.25, 0.3) is 0 Å². The second-order valence-electron chi connectivity index (χ2n) is 5.24. The quantitative estimate of drug-likeness (QED) is 0.786. The second kappa shape index (κ2) is 4.67. The molecular weight excluding hydrogens is 266 g/mol. The average molecular weight is 279 g/mol. The molecule has 0 saturated heterocycles. The Morgan fingerprint density at radius 3 is 2.90 bits per heavy atom. The molecule has 21 heavy (non-hydrogen) atoms. The highest BCUT2D eigenvalue weighted by atomic mass is 16.3. The van der Waals surface area contributed by atoms with Crippen molar-refractivity contribution < 1.29 is 8.83 Å². The van der Waals surface area contributed by atoms with Crippen LogP contribution in [0.15, 0.2) is 39.2 Å². The van der Waals surface area contributed by atoms with Crippen LogP contribution < -0.4 is 5.32 Å². The first-order valence-electron chi connectivity index (χ1n) is 6.95. The minimum Gasteiger partial charge on any atom is -0.449 e. The summed E-state index contributed by atoms with van der Waals surface area (Å²) < 4.78 is 11.1. The Hall–Kier alpha value is -2.74. The van der Waals surface area contributed by atoms with Gasteiger partial charge in [0.15, 0.2) is 11.5 Å². The fourth-order valence-electron chi connectivity index (χ4n) is 2.28. The maximum Gasteiger partial charge on any atom is 0.203 e. The predicted molar refractivity (Wildman–Crippen MR) is 76.7 cm³/mol. The number of aromatic nitrogens is 1. The maximum atomic E-state index is 8.72. The van der Waals surface area contributed by atoms with E-state index < -0.39 is 0 Å². The first-order valence-corrected chi connectivity index (χ1v) is 6.95. The molecule has 2 heterocycles. The summed E-state index contributed by atoms with van der Waals surface area (Å²) in [7, 11) is 0. The predicted octanol–water partition coefficient (Wildman–Crippen LogP) is 3.78. The lowest BCUT2D eigenvalue weighted by atomic mass is 10.3. The number of hydrogen-bond donors (Lipinski definition) is 1. The van der Waals surface area contributed by atoms with Crippen molar-refractivity contribution in [3.05, 3.63) is 47.7 Å². The molecule has 5 nitrogen and oxygen atoms in total. The summed E-state index contributed by atoms with van der Waals surface area (Å²) in [4.78, 5) is 4.53. The molecule has 1 aromatic carbocycles. The molecular formula is C16H13N3O2. The molecule has 1 aliphatic rings. The van der Waals surface area contributed by atoms with Crippen LogP contribution in [0.1, 0.15) is 36.2 Å². The van der Waals surface area contributed by atoms with Crippen LogP contribution in [-0.4, -0.2) is 4.98 Å². The van der Waals surface area contributed by atoms with Crippen LogP contribution in [0, 0.1) is 11.3 Å². The molecule has 1 fully saturated rings. The number of nitrogens with zero attached hydrogens (tertiary/aromatic N) is 2. The van der Waals surface area contributed by atoms with Gasteiger partial charge in [-0.1, -0.05) is 0 Å². The van der Waals surface area contributed by atoms with Gasteiger partial charge in [-0.15, -0.1) is 0 Å². The minimum atomic E-state index is 0.327. The van der Waals surface area contributed by atoms with Crippen molar-refractivity contribution in [3.63, 3.8) is 0 Å². The molecule has 0 bridgehead atoms. The zero-order chi connectivity index (χ0) is 14.2. The number of nitriles is 1. The van der Waals surface area contributed by atoms with Crippen molar-refractivity contribution in [1.29, 1.82) is 5.26 Å². The molecule has 0 atom stereocenters. The number of fused-ring (bicyclic) bond motifs is 1. The van der Waals surface area contributed by atoms with Crippen LogP contribution in [0.3, 0.4) is 0 Å². The number of furan rings is 1. The lowest BCUT2D eigenvalue weighted by Crippen LogP contribution is -1.97. The van der Waals surface area contributed by atoms with E-state index in [1.54, 1.807) is 12.1 Å². The van der Waals surface area contributed by atoms with Crippen molar-refractivity contribution in [2.45, 2.75) is 25.3 Å². The van der Waals surface area contributed by atoms with Gasteiger partial charge in [-0.3, -0.25) is 0 Å². The van der Waals surface area contributed by atoms with Crippen LogP contribution in [0.25, 0.3) is 11.1 Å². The lowest BCUT2D eigenvalue weighted by molar-refractivity contribution is 0.506. The van der Waals surface area contributed by atoms with E-state index in [0.29, 0.717) is 18.2 Å². The van der Waals surface area contributed by atoms with E-state index >= 15 is 0 Å². The highest BCUT2D eigenvalue weighted by molar-refractivity contribution is 5.77. The maximum absolute atomic E-state index is 8.72. The molecule has 3 aromatic rings. The van der Waals surface area contributed by atoms with Crippen molar-refractivity contribution in [1.82, 2.24) is 4.98 Å². The number of hydrogen-bond acceptors (Lipinski definition) is 5.